The molecule has 2 aromatic heterocycles. The maximum Gasteiger partial charge on any atom is 0.271 e. The van der Waals surface area contributed by atoms with Crippen LogP contribution in [0.25, 0.3) is 5.65 Å². The highest BCUT2D eigenvalue weighted by Crippen LogP contribution is 2.59. The van der Waals surface area contributed by atoms with E-state index in [4.69, 9.17) is 10.5 Å². The summed E-state index contributed by atoms with van der Waals surface area (Å²) < 4.78 is 7.81. The smallest absolute Gasteiger partial charge is 0.271 e. The van der Waals surface area contributed by atoms with E-state index in [2.05, 4.69) is 10.3 Å². The van der Waals surface area contributed by atoms with E-state index in [0.29, 0.717) is 22.5 Å². The van der Waals surface area contributed by atoms with Crippen LogP contribution in [0, 0.1) is 0 Å². The number of hydrogen-bond donors (Lipinski definition) is 3. The van der Waals surface area contributed by atoms with Crippen molar-refractivity contribution in [1.29, 1.82) is 0 Å². The first-order chi connectivity index (χ1) is 16.3. The van der Waals surface area contributed by atoms with E-state index >= 15 is 0 Å². The molecule has 2 aromatic carbocycles. The number of nitrogens with zero attached hydrogens (tertiary/aromatic N) is 2. The predicted octanol–water partition coefficient (Wildman–Crippen LogP) is 3.10. The first kappa shape index (κ1) is 20.4. The van der Waals surface area contributed by atoms with Gasteiger partial charge in [-0.05, 0) is 35.7 Å². The first-order valence-electron chi connectivity index (χ1n) is 11.0. The average molecular weight is 454 g/mol. The van der Waals surface area contributed by atoms with Crippen LogP contribution in [-0.2, 0) is 11.3 Å². The lowest BCUT2D eigenvalue weighted by molar-refractivity contribution is -0.169. The molecule has 6 rings (SSSR count). The van der Waals surface area contributed by atoms with Gasteiger partial charge in [-0.25, -0.2) is 4.98 Å². The number of ketones is 1. The molecule has 0 bridgehead atoms. The van der Waals surface area contributed by atoms with Crippen molar-refractivity contribution in [3.8, 4) is 5.75 Å². The van der Waals surface area contributed by atoms with Crippen molar-refractivity contribution in [2.45, 2.75) is 31.1 Å². The number of aromatic nitrogens is 2. The highest BCUT2D eigenvalue weighted by molar-refractivity contribution is 6.16. The molecule has 0 saturated heterocycles. The Hall–Kier alpha value is -4.17. The number of nitrogens with one attached hydrogen (secondary N) is 1. The number of nitrogen functional groups attached to an aromatic ring is 1. The summed E-state index contributed by atoms with van der Waals surface area (Å²) in [6.07, 6.45) is 4.97. The molecule has 34 heavy (non-hydrogen) atoms. The zero-order valence-corrected chi connectivity index (χ0v) is 18.6. The molecular weight excluding hydrogens is 432 g/mol. The number of hydrogen-bond acceptors (Lipinski definition) is 6. The second-order valence-electron chi connectivity index (χ2n) is 9.07. The van der Waals surface area contributed by atoms with Gasteiger partial charge < -0.3 is 25.3 Å². The summed E-state index contributed by atoms with van der Waals surface area (Å²) in [5.41, 5.74) is 7.19. The number of rotatable bonds is 3. The summed E-state index contributed by atoms with van der Waals surface area (Å²) in [6.45, 7) is 4.08. The number of amides is 1. The molecule has 3 heterocycles. The molecule has 1 aliphatic heterocycles. The van der Waals surface area contributed by atoms with E-state index in [1.165, 1.54) is 0 Å². The van der Waals surface area contributed by atoms with Crippen LogP contribution >= 0.6 is 0 Å². The number of anilines is 1. The minimum Gasteiger partial charge on any atom is -0.454 e. The summed E-state index contributed by atoms with van der Waals surface area (Å²) in [6, 6.07) is 13.6. The standard InChI is InChI=1S/C26H22N4O4/c1-14(2)15-6-8-17-20(12-15)34-26(33)18-4-3-5-19(27)22(18)23(31)25(17,26)29-24(32)16-7-9-21-28-10-11-30(21)13-16/h3-14,33H,27H2,1-2H3,(H,29,32). The zero-order valence-electron chi connectivity index (χ0n) is 18.6. The normalized spacial score (nSPS) is 22.4. The van der Waals surface area contributed by atoms with Gasteiger partial charge in [0.25, 0.3) is 11.7 Å². The Morgan fingerprint density at radius 2 is 2.00 bits per heavy atom. The average Bonchev–Trinajstić information content (AvgIpc) is 3.43. The molecule has 8 heteroatoms. The molecule has 1 aliphatic carbocycles. The van der Waals surface area contributed by atoms with Gasteiger partial charge in [0.05, 0.1) is 11.1 Å². The number of pyridine rings is 1. The molecule has 0 radical (unpaired) electrons. The van der Waals surface area contributed by atoms with Crippen molar-refractivity contribution < 1.29 is 19.4 Å². The fourth-order valence-corrected chi connectivity index (χ4v) is 5.04. The largest absolute Gasteiger partial charge is 0.454 e. The lowest BCUT2D eigenvalue weighted by Crippen LogP contribution is -2.60. The molecule has 1 amide bonds. The van der Waals surface area contributed by atoms with Gasteiger partial charge in [-0.1, -0.05) is 38.1 Å². The molecule has 2 atom stereocenters. The Balaban J connectivity index is 1.55. The van der Waals surface area contributed by atoms with E-state index in [9.17, 15) is 14.7 Å². The maximum absolute atomic E-state index is 14.0. The molecule has 2 aliphatic rings. The Morgan fingerprint density at radius 1 is 1.18 bits per heavy atom. The Kier molecular flexibility index (Phi) is 4.01. The minimum atomic E-state index is -2.15. The van der Waals surface area contributed by atoms with Crippen molar-refractivity contribution in [3.63, 3.8) is 0 Å². The van der Waals surface area contributed by atoms with Gasteiger partial charge in [-0.15, -0.1) is 0 Å². The second-order valence-corrected chi connectivity index (χ2v) is 9.07. The van der Waals surface area contributed by atoms with E-state index in [-0.39, 0.29) is 22.7 Å². The molecular formula is C26H22N4O4. The quantitative estimate of drug-likeness (QED) is 0.409. The minimum absolute atomic E-state index is 0.147. The van der Waals surface area contributed by atoms with Gasteiger partial charge in [0.15, 0.2) is 0 Å². The van der Waals surface area contributed by atoms with Gasteiger partial charge in [-0.2, -0.15) is 0 Å². The molecule has 0 fully saturated rings. The van der Waals surface area contributed by atoms with Crippen LogP contribution in [-0.4, -0.2) is 26.2 Å². The number of carbonyl (C=O) groups is 2. The van der Waals surface area contributed by atoms with Gasteiger partial charge in [0, 0.05) is 35.4 Å². The van der Waals surface area contributed by atoms with Crippen molar-refractivity contribution in [1.82, 2.24) is 14.7 Å². The number of carbonyl (C=O) groups excluding carboxylic acids is 2. The van der Waals surface area contributed by atoms with Crippen LogP contribution in [0.1, 0.15) is 57.2 Å². The summed E-state index contributed by atoms with van der Waals surface area (Å²) in [7, 11) is 0. The van der Waals surface area contributed by atoms with Crippen LogP contribution in [0.2, 0.25) is 0 Å². The van der Waals surface area contributed by atoms with E-state index < -0.39 is 23.0 Å². The monoisotopic (exact) mass is 454 g/mol. The zero-order chi connectivity index (χ0) is 23.8. The van der Waals surface area contributed by atoms with Crippen LogP contribution < -0.4 is 15.8 Å². The molecule has 2 unspecified atom stereocenters. The summed E-state index contributed by atoms with van der Waals surface area (Å²) in [5.74, 6) is -2.66. The predicted molar refractivity (Wildman–Crippen MR) is 125 cm³/mol. The second kappa shape index (κ2) is 6.68. The molecule has 170 valence electrons. The number of nitrogens with two attached hydrogens (primary N) is 1. The number of Topliss-reactive ketones (excluding diaryl/α,β-unsaturated/α-hetero) is 1. The van der Waals surface area contributed by atoms with Crippen LogP contribution in [0.3, 0.4) is 0 Å². The van der Waals surface area contributed by atoms with E-state index in [1.807, 2.05) is 19.9 Å². The lowest BCUT2D eigenvalue weighted by Gasteiger charge is -2.34. The Morgan fingerprint density at radius 3 is 2.79 bits per heavy atom. The van der Waals surface area contributed by atoms with E-state index in [1.54, 1.807) is 65.5 Å². The third-order valence-electron chi connectivity index (χ3n) is 6.82. The fourth-order valence-electron chi connectivity index (χ4n) is 5.04. The number of imidazole rings is 1. The van der Waals surface area contributed by atoms with Gasteiger partial charge in [-0.3, -0.25) is 9.59 Å². The maximum atomic E-state index is 14.0. The van der Waals surface area contributed by atoms with Crippen LogP contribution in [0.4, 0.5) is 5.69 Å². The highest BCUT2D eigenvalue weighted by Gasteiger charge is 2.72. The number of aliphatic hydroxyl groups is 1. The first-order valence-corrected chi connectivity index (χ1v) is 11.0. The number of fused-ring (bicyclic) bond motifs is 6. The van der Waals surface area contributed by atoms with Gasteiger partial charge in [0.2, 0.25) is 11.3 Å². The fraction of sp³-hybridized carbons (Fsp3) is 0.192. The van der Waals surface area contributed by atoms with Crippen molar-refractivity contribution in [2.24, 2.45) is 0 Å². The number of benzene rings is 2. The van der Waals surface area contributed by atoms with Crippen molar-refractivity contribution in [2.75, 3.05) is 5.73 Å². The van der Waals surface area contributed by atoms with E-state index in [0.717, 1.165) is 5.56 Å². The molecule has 8 nitrogen and oxygen atoms in total. The van der Waals surface area contributed by atoms with Crippen molar-refractivity contribution in [3.05, 3.63) is 94.9 Å². The Labute approximate surface area is 195 Å². The lowest BCUT2D eigenvalue weighted by atomic mass is 9.82. The Bertz CT molecular complexity index is 1520. The molecule has 0 saturated carbocycles. The van der Waals surface area contributed by atoms with Crippen LogP contribution in [0.5, 0.6) is 5.75 Å². The molecule has 0 spiro atoms. The summed E-state index contributed by atoms with van der Waals surface area (Å²) in [4.78, 5) is 31.7. The molecule has 4 aromatic rings. The SMILES string of the molecule is CC(C)c1ccc2c(c1)OC1(O)c3cccc(N)c3C(=O)C21NC(=O)c1ccc2nccn2c1. The number of ether oxygens (including phenoxy) is 1. The topological polar surface area (TPSA) is 119 Å². The summed E-state index contributed by atoms with van der Waals surface area (Å²) >= 11 is 0. The van der Waals surface area contributed by atoms with Gasteiger partial charge >= 0.3 is 0 Å². The summed E-state index contributed by atoms with van der Waals surface area (Å²) in [5, 5.41) is 14.8. The molecule has 4 N–H and O–H groups in total. The van der Waals surface area contributed by atoms with Gasteiger partial charge in [0.1, 0.15) is 11.4 Å². The third-order valence-corrected chi connectivity index (χ3v) is 6.82. The van der Waals surface area contributed by atoms with Crippen LogP contribution in [0.15, 0.2) is 67.1 Å². The third kappa shape index (κ3) is 2.43. The highest BCUT2D eigenvalue weighted by atomic mass is 16.6. The van der Waals surface area contributed by atoms with Crippen molar-refractivity contribution >= 4 is 23.0 Å².